The molecule has 0 radical (unpaired) electrons. The van der Waals surface area contributed by atoms with Crippen LogP contribution in [0.3, 0.4) is 0 Å². The first kappa shape index (κ1) is 12.8. The van der Waals surface area contributed by atoms with Crippen LogP contribution in [0.1, 0.15) is 44.7 Å². The van der Waals surface area contributed by atoms with Crippen molar-refractivity contribution < 1.29 is 4.74 Å². The van der Waals surface area contributed by atoms with E-state index < -0.39 is 0 Å². The van der Waals surface area contributed by atoms with Crippen LogP contribution in [-0.2, 0) is 0 Å². The first-order chi connectivity index (χ1) is 7.52. The van der Waals surface area contributed by atoms with Gasteiger partial charge in [0.05, 0.1) is 7.11 Å². The average Bonchev–Trinajstić information content (AvgIpc) is 2.25. The molecule has 0 aliphatic carbocycles. The summed E-state index contributed by atoms with van der Waals surface area (Å²) in [5.74, 6) is 2.05. The molecule has 1 nitrogen and oxygen atoms in total. The molecular formula is C15H22O. The lowest BCUT2D eigenvalue weighted by molar-refractivity contribution is 0.414. The largest absolute Gasteiger partial charge is 0.497 e. The Morgan fingerprint density at radius 3 is 2.25 bits per heavy atom. The molecular weight excluding hydrogens is 196 g/mol. The van der Waals surface area contributed by atoms with Crippen molar-refractivity contribution in [3.63, 3.8) is 0 Å². The fourth-order valence-corrected chi connectivity index (χ4v) is 1.50. The fourth-order valence-electron chi connectivity index (χ4n) is 1.50. The van der Waals surface area contributed by atoms with Crippen molar-refractivity contribution in [2.75, 3.05) is 7.11 Å². The molecule has 1 aromatic carbocycles. The van der Waals surface area contributed by atoms with Gasteiger partial charge in [-0.2, -0.15) is 0 Å². The van der Waals surface area contributed by atoms with Crippen LogP contribution in [-0.4, -0.2) is 7.11 Å². The normalized spacial score (nSPS) is 11.7. The van der Waals surface area contributed by atoms with E-state index in [0.717, 1.165) is 5.75 Å². The second-order valence-corrected chi connectivity index (χ2v) is 4.80. The molecule has 1 rings (SSSR count). The highest BCUT2D eigenvalue weighted by Gasteiger charge is 2.03. The first-order valence-corrected chi connectivity index (χ1v) is 5.90. The van der Waals surface area contributed by atoms with Gasteiger partial charge in [0.1, 0.15) is 5.75 Å². The van der Waals surface area contributed by atoms with E-state index in [1.807, 2.05) is 0 Å². The van der Waals surface area contributed by atoms with Gasteiger partial charge in [0.15, 0.2) is 0 Å². The summed E-state index contributed by atoms with van der Waals surface area (Å²) in [6.45, 7) is 8.76. The number of benzene rings is 1. The van der Waals surface area contributed by atoms with E-state index in [1.54, 1.807) is 7.11 Å². The SMILES string of the molecule is COc1cc(/C=C\C(C)C)cc(C(C)C)c1. The predicted octanol–water partition coefficient (Wildman–Crippen LogP) is 4.49. The minimum Gasteiger partial charge on any atom is -0.497 e. The van der Waals surface area contributed by atoms with Gasteiger partial charge in [0, 0.05) is 0 Å². The molecule has 0 bridgehead atoms. The van der Waals surface area contributed by atoms with Crippen molar-refractivity contribution in [2.24, 2.45) is 5.92 Å². The van der Waals surface area contributed by atoms with Gasteiger partial charge in [-0.3, -0.25) is 0 Å². The van der Waals surface area contributed by atoms with Gasteiger partial charge < -0.3 is 4.74 Å². The molecule has 0 atom stereocenters. The lowest BCUT2D eigenvalue weighted by Crippen LogP contribution is -1.91. The van der Waals surface area contributed by atoms with Crippen LogP contribution < -0.4 is 4.74 Å². The second-order valence-electron chi connectivity index (χ2n) is 4.80. The highest BCUT2D eigenvalue weighted by molar-refractivity contribution is 5.54. The highest BCUT2D eigenvalue weighted by Crippen LogP contribution is 2.23. The quantitative estimate of drug-likeness (QED) is 0.723. The summed E-state index contributed by atoms with van der Waals surface area (Å²) in [4.78, 5) is 0. The van der Waals surface area contributed by atoms with Crippen LogP contribution in [0.5, 0.6) is 5.75 Å². The van der Waals surface area contributed by atoms with Gasteiger partial charge in [0.25, 0.3) is 0 Å². The Hall–Kier alpha value is -1.24. The molecule has 1 heteroatoms. The Morgan fingerprint density at radius 2 is 1.75 bits per heavy atom. The van der Waals surface area contributed by atoms with E-state index in [1.165, 1.54) is 11.1 Å². The Labute approximate surface area is 99.1 Å². The van der Waals surface area contributed by atoms with E-state index in [-0.39, 0.29) is 0 Å². The Kier molecular flexibility index (Phi) is 4.60. The molecule has 88 valence electrons. The Bertz CT molecular complexity index is 362. The number of rotatable bonds is 4. The van der Waals surface area contributed by atoms with Crippen LogP contribution in [0.4, 0.5) is 0 Å². The van der Waals surface area contributed by atoms with Crippen LogP contribution in [0.15, 0.2) is 24.3 Å². The maximum atomic E-state index is 5.32. The smallest absolute Gasteiger partial charge is 0.119 e. The zero-order valence-corrected chi connectivity index (χ0v) is 10.9. The summed E-state index contributed by atoms with van der Waals surface area (Å²) in [6.07, 6.45) is 4.37. The maximum Gasteiger partial charge on any atom is 0.119 e. The molecule has 16 heavy (non-hydrogen) atoms. The van der Waals surface area contributed by atoms with Crippen LogP contribution >= 0.6 is 0 Å². The molecule has 0 saturated heterocycles. The maximum absolute atomic E-state index is 5.32. The third-order valence-corrected chi connectivity index (χ3v) is 2.53. The highest BCUT2D eigenvalue weighted by atomic mass is 16.5. The summed E-state index contributed by atoms with van der Waals surface area (Å²) >= 11 is 0. The third-order valence-electron chi connectivity index (χ3n) is 2.53. The standard InChI is InChI=1S/C15H22O/c1-11(2)6-7-13-8-14(12(3)4)10-15(9-13)16-5/h6-12H,1-5H3/b7-6-. The minimum absolute atomic E-state index is 0.529. The van der Waals surface area contributed by atoms with E-state index in [4.69, 9.17) is 4.74 Å². The number of ether oxygens (including phenoxy) is 1. The summed E-state index contributed by atoms with van der Waals surface area (Å²) in [7, 11) is 1.72. The average molecular weight is 218 g/mol. The van der Waals surface area contributed by atoms with Crippen molar-refractivity contribution in [2.45, 2.75) is 33.6 Å². The minimum atomic E-state index is 0.529. The summed E-state index contributed by atoms with van der Waals surface area (Å²) < 4.78 is 5.32. The van der Waals surface area contributed by atoms with Crippen molar-refractivity contribution in [1.29, 1.82) is 0 Å². The molecule has 0 unspecified atom stereocenters. The van der Waals surface area contributed by atoms with E-state index in [9.17, 15) is 0 Å². The van der Waals surface area contributed by atoms with Crippen LogP contribution in [0.25, 0.3) is 6.08 Å². The molecule has 0 aliphatic rings. The van der Waals surface area contributed by atoms with Crippen molar-refractivity contribution in [3.05, 3.63) is 35.4 Å². The summed E-state index contributed by atoms with van der Waals surface area (Å²) in [5.41, 5.74) is 2.54. The zero-order valence-electron chi connectivity index (χ0n) is 10.9. The molecule has 1 aromatic rings. The second kappa shape index (κ2) is 5.74. The molecule has 0 aromatic heterocycles. The topological polar surface area (TPSA) is 9.23 Å². The van der Waals surface area contributed by atoms with Gasteiger partial charge in [-0.05, 0) is 35.1 Å². The molecule has 0 N–H and O–H groups in total. The summed E-state index contributed by atoms with van der Waals surface area (Å²) in [6, 6.07) is 6.41. The fraction of sp³-hybridized carbons (Fsp3) is 0.467. The molecule has 0 spiro atoms. The molecule has 0 heterocycles. The number of allylic oxidation sites excluding steroid dienone is 1. The van der Waals surface area contributed by atoms with Crippen molar-refractivity contribution in [3.8, 4) is 5.75 Å². The molecule has 0 amide bonds. The molecule has 0 saturated carbocycles. The van der Waals surface area contributed by atoms with Gasteiger partial charge >= 0.3 is 0 Å². The lowest BCUT2D eigenvalue weighted by Gasteiger charge is -2.09. The van der Waals surface area contributed by atoms with Crippen LogP contribution in [0.2, 0.25) is 0 Å². The third kappa shape index (κ3) is 3.73. The Morgan fingerprint density at radius 1 is 1.06 bits per heavy atom. The number of methoxy groups -OCH3 is 1. The van der Waals surface area contributed by atoms with Gasteiger partial charge in [-0.25, -0.2) is 0 Å². The van der Waals surface area contributed by atoms with E-state index in [0.29, 0.717) is 11.8 Å². The summed E-state index contributed by atoms with van der Waals surface area (Å²) in [5, 5.41) is 0. The number of hydrogen-bond acceptors (Lipinski definition) is 1. The monoisotopic (exact) mass is 218 g/mol. The Balaban J connectivity index is 3.04. The van der Waals surface area contributed by atoms with E-state index in [2.05, 4.69) is 58.0 Å². The van der Waals surface area contributed by atoms with Crippen LogP contribution in [0, 0.1) is 5.92 Å². The van der Waals surface area contributed by atoms with Crippen molar-refractivity contribution >= 4 is 6.08 Å². The number of hydrogen-bond donors (Lipinski definition) is 0. The molecule has 0 fully saturated rings. The van der Waals surface area contributed by atoms with E-state index >= 15 is 0 Å². The first-order valence-electron chi connectivity index (χ1n) is 5.90. The predicted molar refractivity (Wildman–Crippen MR) is 71.0 cm³/mol. The van der Waals surface area contributed by atoms with Gasteiger partial charge in [0.2, 0.25) is 0 Å². The lowest BCUT2D eigenvalue weighted by atomic mass is 9.99. The van der Waals surface area contributed by atoms with Gasteiger partial charge in [-0.1, -0.05) is 45.9 Å². The van der Waals surface area contributed by atoms with Gasteiger partial charge in [-0.15, -0.1) is 0 Å². The molecule has 0 aliphatic heterocycles. The van der Waals surface area contributed by atoms with Crippen molar-refractivity contribution in [1.82, 2.24) is 0 Å². The zero-order chi connectivity index (χ0) is 12.1.